The van der Waals surface area contributed by atoms with Crippen molar-refractivity contribution in [2.75, 3.05) is 20.6 Å². The third-order valence-corrected chi connectivity index (χ3v) is 2.88. The Kier molecular flexibility index (Phi) is 5.03. The fourth-order valence-electron chi connectivity index (χ4n) is 1.22. The van der Waals surface area contributed by atoms with Crippen molar-refractivity contribution in [3.8, 4) is 0 Å². The van der Waals surface area contributed by atoms with E-state index in [1.165, 1.54) is 6.92 Å². The van der Waals surface area contributed by atoms with Gasteiger partial charge in [0.05, 0.1) is 0 Å². The zero-order valence-corrected chi connectivity index (χ0v) is 10.8. The summed E-state index contributed by atoms with van der Waals surface area (Å²) in [6.45, 7) is 1.76. The standard InChI is InChI=1S/C7H13F3NO.Sn/c1-6(12,5-11(2)3)4-7(8,9)10;/h4-5H2,1-3H3;/q-1;+1. The molecule has 0 rings (SSSR count). The van der Waals surface area contributed by atoms with Crippen LogP contribution in [0.2, 0.25) is 0 Å². The van der Waals surface area contributed by atoms with Gasteiger partial charge < -0.3 is 0 Å². The second-order valence-corrected chi connectivity index (χ2v) is 4.16. The van der Waals surface area contributed by atoms with Crippen molar-refractivity contribution >= 4 is 22.9 Å². The Morgan fingerprint density at radius 2 is 1.77 bits per heavy atom. The van der Waals surface area contributed by atoms with E-state index in [9.17, 15) is 13.2 Å². The molecule has 2 nitrogen and oxygen atoms in total. The summed E-state index contributed by atoms with van der Waals surface area (Å²) >= 11 is 0.665. The number of alkyl halides is 3. The molecule has 0 saturated heterocycles. The Labute approximate surface area is 90.1 Å². The van der Waals surface area contributed by atoms with Gasteiger partial charge in [-0.2, -0.15) is 0 Å². The monoisotopic (exact) mass is 304 g/mol. The molecule has 0 aliphatic heterocycles. The number of hydrogen-bond acceptors (Lipinski definition) is 2. The molecule has 0 spiro atoms. The van der Waals surface area contributed by atoms with Crippen LogP contribution in [0, 0.1) is 0 Å². The van der Waals surface area contributed by atoms with Crippen LogP contribution in [0.4, 0.5) is 13.2 Å². The van der Waals surface area contributed by atoms with Crippen LogP contribution in [-0.4, -0.2) is 60.3 Å². The summed E-state index contributed by atoms with van der Waals surface area (Å²) in [5.74, 6) is 0. The molecular weight excluding hydrogens is 290 g/mol. The minimum atomic E-state index is -4.17. The van der Waals surface area contributed by atoms with Crippen molar-refractivity contribution in [3.05, 3.63) is 0 Å². The molecule has 0 amide bonds. The van der Waals surface area contributed by atoms with Gasteiger partial charge in [-0.15, -0.1) is 0 Å². The third kappa shape index (κ3) is 6.56. The molecule has 0 aliphatic rings. The average Bonchev–Trinajstić information content (AvgIpc) is 1.81. The Hall–Kier alpha value is 0.509. The number of halogens is 3. The average molecular weight is 303 g/mol. The molecule has 0 aromatic heterocycles. The van der Waals surface area contributed by atoms with Crippen molar-refractivity contribution in [1.29, 1.82) is 0 Å². The van der Waals surface area contributed by atoms with Crippen LogP contribution in [0.3, 0.4) is 0 Å². The SMILES string of the molecule is CN(C)CC(C)(CC(F)(F)F)[O][Sn]. The maximum atomic E-state index is 12.1. The van der Waals surface area contributed by atoms with E-state index in [1.54, 1.807) is 19.0 Å². The van der Waals surface area contributed by atoms with E-state index < -0.39 is 18.2 Å². The van der Waals surface area contributed by atoms with E-state index in [-0.39, 0.29) is 6.54 Å². The summed E-state index contributed by atoms with van der Waals surface area (Å²) in [6.07, 6.45) is -5.06. The number of nitrogens with zero attached hydrogens (tertiary/aromatic N) is 1. The molecule has 1 unspecified atom stereocenters. The summed E-state index contributed by atoms with van der Waals surface area (Å²) < 4.78 is 41.3. The maximum absolute atomic E-state index is 12.1. The van der Waals surface area contributed by atoms with E-state index in [0.29, 0.717) is 22.9 Å². The molecule has 77 valence electrons. The Morgan fingerprint density at radius 1 is 1.31 bits per heavy atom. The molecule has 0 N–H and O–H groups in total. The van der Waals surface area contributed by atoms with Gasteiger partial charge in [0.1, 0.15) is 0 Å². The van der Waals surface area contributed by atoms with Gasteiger partial charge in [0.15, 0.2) is 0 Å². The van der Waals surface area contributed by atoms with E-state index >= 15 is 0 Å². The summed E-state index contributed by atoms with van der Waals surface area (Å²) in [5, 5.41) is 0. The third-order valence-electron chi connectivity index (χ3n) is 1.47. The predicted octanol–water partition coefficient (Wildman–Crippen LogP) is 1.36. The van der Waals surface area contributed by atoms with E-state index in [1.807, 2.05) is 0 Å². The van der Waals surface area contributed by atoms with Crippen molar-refractivity contribution in [1.82, 2.24) is 4.90 Å². The zero-order valence-electron chi connectivity index (χ0n) is 7.90. The Balaban J connectivity index is 4.28. The molecule has 13 heavy (non-hydrogen) atoms. The Bertz CT molecular complexity index is 162. The molecule has 0 aromatic carbocycles. The van der Waals surface area contributed by atoms with Crippen molar-refractivity contribution in [2.24, 2.45) is 0 Å². The predicted molar refractivity (Wildman–Crippen MR) is 44.5 cm³/mol. The first-order valence-corrected chi connectivity index (χ1v) is 4.91. The van der Waals surface area contributed by atoms with Gasteiger partial charge in [-0.1, -0.05) is 0 Å². The van der Waals surface area contributed by atoms with Crippen LogP contribution < -0.4 is 0 Å². The first-order valence-electron chi connectivity index (χ1n) is 3.75. The van der Waals surface area contributed by atoms with Crippen molar-refractivity contribution in [2.45, 2.75) is 25.1 Å². The van der Waals surface area contributed by atoms with Crippen molar-refractivity contribution in [3.63, 3.8) is 0 Å². The van der Waals surface area contributed by atoms with Gasteiger partial charge in [0.2, 0.25) is 0 Å². The molecule has 0 aliphatic carbocycles. The molecule has 0 heterocycles. The number of hydrogen-bond donors (Lipinski definition) is 0. The van der Waals surface area contributed by atoms with E-state index in [0.717, 1.165) is 0 Å². The van der Waals surface area contributed by atoms with Crippen LogP contribution in [0.1, 0.15) is 13.3 Å². The van der Waals surface area contributed by atoms with E-state index in [4.69, 9.17) is 3.07 Å². The van der Waals surface area contributed by atoms with Gasteiger partial charge >= 0.3 is 89.8 Å². The zero-order chi connectivity index (χ0) is 10.7. The minimum absolute atomic E-state index is 0.275. The van der Waals surface area contributed by atoms with Gasteiger partial charge in [-0.25, -0.2) is 0 Å². The van der Waals surface area contributed by atoms with Crippen LogP contribution in [0.15, 0.2) is 0 Å². The molecule has 0 saturated carbocycles. The molecule has 0 bridgehead atoms. The second-order valence-electron chi connectivity index (χ2n) is 3.58. The summed E-state index contributed by atoms with van der Waals surface area (Å²) in [4.78, 5) is 1.69. The number of likely N-dealkylation sites (N-methyl/N-ethyl adjacent to an activating group) is 1. The topological polar surface area (TPSA) is 12.5 Å². The first-order chi connectivity index (χ1) is 5.68. The molecule has 0 aromatic rings. The first kappa shape index (κ1) is 13.5. The summed E-state index contributed by atoms with van der Waals surface area (Å²) in [5.41, 5.74) is -1.11. The molecule has 6 heteroatoms. The fourth-order valence-corrected chi connectivity index (χ4v) is 1.61. The van der Waals surface area contributed by atoms with Gasteiger partial charge in [0, 0.05) is 0 Å². The van der Waals surface area contributed by atoms with Crippen LogP contribution in [-0.2, 0) is 3.07 Å². The van der Waals surface area contributed by atoms with Gasteiger partial charge in [0.25, 0.3) is 0 Å². The summed E-state index contributed by atoms with van der Waals surface area (Å²) in [6, 6.07) is 0. The van der Waals surface area contributed by atoms with Crippen LogP contribution in [0.25, 0.3) is 0 Å². The molecule has 0 fully saturated rings. The van der Waals surface area contributed by atoms with Crippen LogP contribution in [0.5, 0.6) is 0 Å². The molecule has 3 radical (unpaired) electrons. The second kappa shape index (κ2) is 4.84. The summed E-state index contributed by atoms with van der Waals surface area (Å²) in [7, 11) is 3.45. The van der Waals surface area contributed by atoms with Gasteiger partial charge in [-0.3, -0.25) is 0 Å². The Morgan fingerprint density at radius 3 is 2.00 bits per heavy atom. The van der Waals surface area contributed by atoms with Crippen LogP contribution >= 0.6 is 0 Å². The number of rotatable bonds is 4. The quantitative estimate of drug-likeness (QED) is 0.727. The van der Waals surface area contributed by atoms with Crippen molar-refractivity contribution < 1.29 is 16.2 Å². The van der Waals surface area contributed by atoms with Gasteiger partial charge in [-0.05, 0) is 0 Å². The normalized spacial score (nSPS) is 17.5. The molecule has 1 atom stereocenters. The van der Waals surface area contributed by atoms with E-state index in [2.05, 4.69) is 0 Å². The fraction of sp³-hybridized carbons (Fsp3) is 1.00. The molecular formula is C7H13F3NOSn.